The third-order valence-corrected chi connectivity index (χ3v) is 5.04. The number of rotatable bonds is 9. The fraction of sp³-hybridized carbons (Fsp3) is 0.350. The number of hydrogen-bond acceptors (Lipinski definition) is 4. The number of carbonyl (C=O) groups is 1. The summed E-state index contributed by atoms with van der Waals surface area (Å²) in [6.07, 6.45) is 1.23. The number of benzene rings is 2. The van der Waals surface area contributed by atoms with Gasteiger partial charge in [-0.1, -0.05) is 0 Å². The van der Waals surface area contributed by atoms with Gasteiger partial charge in [0.25, 0.3) is 0 Å². The second kappa shape index (κ2) is 10.1. The van der Waals surface area contributed by atoms with E-state index in [1.807, 2.05) is 24.3 Å². The number of amides is 1. The summed E-state index contributed by atoms with van der Waals surface area (Å²) >= 11 is 1.71. The van der Waals surface area contributed by atoms with E-state index in [-0.39, 0.29) is 11.7 Å². The normalized spacial score (nSPS) is 10.5. The van der Waals surface area contributed by atoms with Crippen LogP contribution in [0.4, 0.5) is 4.39 Å². The lowest BCUT2D eigenvalue weighted by molar-refractivity contribution is -0.130. The molecule has 0 aliphatic rings. The number of hydrogen-bond donors (Lipinski definition) is 0. The van der Waals surface area contributed by atoms with E-state index in [1.54, 1.807) is 36.9 Å². The van der Waals surface area contributed by atoms with Crippen molar-refractivity contribution in [2.24, 2.45) is 0 Å². The van der Waals surface area contributed by atoms with Gasteiger partial charge in [0, 0.05) is 30.5 Å². The summed E-state index contributed by atoms with van der Waals surface area (Å²) in [5, 5.41) is 0. The average molecular weight is 377 g/mol. The molecule has 26 heavy (non-hydrogen) atoms. The number of halogens is 1. The highest BCUT2D eigenvalue weighted by atomic mass is 32.2. The van der Waals surface area contributed by atoms with Crippen molar-refractivity contribution < 1.29 is 18.7 Å². The first-order chi connectivity index (χ1) is 12.5. The molecular formula is C20H24FNO3S. The number of thioether (sulfide) groups is 1. The van der Waals surface area contributed by atoms with E-state index in [4.69, 9.17) is 9.47 Å². The molecule has 0 aliphatic carbocycles. The van der Waals surface area contributed by atoms with Gasteiger partial charge in [-0.05, 0) is 54.6 Å². The van der Waals surface area contributed by atoms with Crippen LogP contribution in [0, 0.1) is 5.82 Å². The van der Waals surface area contributed by atoms with Crippen LogP contribution < -0.4 is 9.47 Å². The van der Waals surface area contributed by atoms with Gasteiger partial charge < -0.3 is 14.4 Å². The van der Waals surface area contributed by atoms with E-state index in [0.717, 1.165) is 22.8 Å². The molecule has 1 amide bonds. The maximum absolute atomic E-state index is 13.4. The van der Waals surface area contributed by atoms with Crippen LogP contribution >= 0.6 is 11.8 Å². The quantitative estimate of drug-likeness (QED) is 0.480. The SMILES string of the molecule is COc1ccc(SCCCC(=O)N(C)Cc2cc(F)ccc2OC)cc1. The van der Waals surface area contributed by atoms with Crippen molar-refractivity contribution in [1.29, 1.82) is 0 Å². The zero-order chi connectivity index (χ0) is 18.9. The summed E-state index contributed by atoms with van der Waals surface area (Å²) in [5.41, 5.74) is 0.663. The first-order valence-corrected chi connectivity index (χ1v) is 9.35. The molecule has 0 N–H and O–H groups in total. The Morgan fingerprint density at radius 2 is 1.85 bits per heavy atom. The maximum Gasteiger partial charge on any atom is 0.222 e. The number of methoxy groups -OCH3 is 2. The molecule has 0 bridgehead atoms. The Morgan fingerprint density at radius 3 is 2.50 bits per heavy atom. The van der Waals surface area contributed by atoms with E-state index in [2.05, 4.69) is 0 Å². The zero-order valence-electron chi connectivity index (χ0n) is 15.3. The Morgan fingerprint density at radius 1 is 1.12 bits per heavy atom. The Balaban J connectivity index is 1.77. The van der Waals surface area contributed by atoms with Crippen molar-refractivity contribution >= 4 is 17.7 Å². The summed E-state index contributed by atoms with van der Waals surface area (Å²) in [4.78, 5) is 15.0. The van der Waals surface area contributed by atoms with Crippen LogP contribution in [0.25, 0.3) is 0 Å². The molecule has 0 spiro atoms. The van der Waals surface area contributed by atoms with Crippen molar-refractivity contribution in [2.75, 3.05) is 27.0 Å². The predicted octanol–water partition coefficient (Wildman–Crippen LogP) is 4.37. The number of carbonyl (C=O) groups excluding carboxylic acids is 1. The molecule has 0 saturated carbocycles. The second-order valence-electron chi connectivity index (χ2n) is 5.83. The molecule has 6 heteroatoms. The van der Waals surface area contributed by atoms with Crippen LogP contribution in [0.3, 0.4) is 0 Å². The monoisotopic (exact) mass is 377 g/mol. The van der Waals surface area contributed by atoms with Crippen molar-refractivity contribution in [3.05, 3.63) is 53.8 Å². The van der Waals surface area contributed by atoms with Gasteiger partial charge in [-0.25, -0.2) is 4.39 Å². The fourth-order valence-corrected chi connectivity index (χ4v) is 3.34. The van der Waals surface area contributed by atoms with Crippen LogP contribution in [-0.4, -0.2) is 37.8 Å². The molecule has 0 aliphatic heterocycles. The Hall–Kier alpha value is -2.21. The molecule has 0 heterocycles. The van der Waals surface area contributed by atoms with Gasteiger partial charge in [-0.15, -0.1) is 11.8 Å². The standard InChI is InChI=1S/C20H24FNO3S/c1-22(14-15-13-16(21)6-11-19(15)25-3)20(23)5-4-12-26-18-9-7-17(24-2)8-10-18/h6-11,13H,4-5,12,14H2,1-3H3. The molecule has 0 aromatic heterocycles. The van der Waals surface area contributed by atoms with E-state index < -0.39 is 0 Å². The lowest BCUT2D eigenvalue weighted by Gasteiger charge is -2.19. The Kier molecular flexibility index (Phi) is 7.78. The largest absolute Gasteiger partial charge is 0.497 e. The predicted molar refractivity (Wildman–Crippen MR) is 102 cm³/mol. The molecule has 2 aromatic carbocycles. The van der Waals surface area contributed by atoms with Gasteiger partial charge in [0.1, 0.15) is 17.3 Å². The topological polar surface area (TPSA) is 38.8 Å². The number of ether oxygens (including phenoxy) is 2. The van der Waals surface area contributed by atoms with Gasteiger partial charge in [-0.3, -0.25) is 4.79 Å². The molecule has 140 valence electrons. The van der Waals surface area contributed by atoms with Gasteiger partial charge in [0.15, 0.2) is 0 Å². The van der Waals surface area contributed by atoms with Crippen LogP contribution in [-0.2, 0) is 11.3 Å². The zero-order valence-corrected chi connectivity index (χ0v) is 16.1. The van der Waals surface area contributed by atoms with E-state index >= 15 is 0 Å². The minimum atomic E-state index is -0.336. The van der Waals surface area contributed by atoms with Crippen molar-refractivity contribution in [3.63, 3.8) is 0 Å². The van der Waals surface area contributed by atoms with Crippen LogP contribution in [0.1, 0.15) is 18.4 Å². The molecule has 4 nitrogen and oxygen atoms in total. The molecule has 0 radical (unpaired) electrons. The Labute approximate surface area is 158 Å². The van der Waals surface area contributed by atoms with E-state index in [0.29, 0.717) is 24.3 Å². The van der Waals surface area contributed by atoms with Gasteiger partial charge in [0.2, 0.25) is 5.91 Å². The highest BCUT2D eigenvalue weighted by Crippen LogP contribution is 2.23. The fourth-order valence-electron chi connectivity index (χ4n) is 2.49. The van der Waals surface area contributed by atoms with Gasteiger partial charge in [-0.2, -0.15) is 0 Å². The van der Waals surface area contributed by atoms with Crippen molar-refractivity contribution in [3.8, 4) is 11.5 Å². The summed E-state index contributed by atoms with van der Waals surface area (Å²) in [6.45, 7) is 0.325. The summed E-state index contributed by atoms with van der Waals surface area (Å²) < 4.78 is 23.8. The van der Waals surface area contributed by atoms with Crippen LogP contribution in [0.15, 0.2) is 47.4 Å². The third-order valence-electron chi connectivity index (χ3n) is 3.94. The van der Waals surface area contributed by atoms with Gasteiger partial charge in [0.05, 0.1) is 14.2 Å². The third kappa shape index (κ3) is 5.95. The molecular weight excluding hydrogens is 353 g/mol. The van der Waals surface area contributed by atoms with Crippen molar-refractivity contribution in [1.82, 2.24) is 4.90 Å². The lowest BCUT2D eigenvalue weighted by Crippen LogP contribution is -2.26. The minimum Gasteiger partial charge on any atom is -0.497 e. The minimum absolute atomic E-state index is 0.0339. The molecule has 2 aromatic rings. The summed E-state index contributed by atoms with van der Waals surface area (Å²) in [6, 6.07) is 12.2. The average Bonchev–Trinajstić information content (AvgIpc) is 2.65. The smallest absolute Gasteiger partial charge is 0.222 e. The lowest BCUT2D eigenvalue weighted by atomic mass is 10.1. The molecule has 2 rings (SSSR count). The summed E-state index contributed by atoms with van der Waals surface area (Å²) in [7, 11) is 4.90. The Bertz CT molecular complexity index is 721. The first-order valence-electron chi connectivity index (χ1n) is 8.36. The summed E-state index contributed by atoms with van der Waals surface area (Å²) in [5.74, 6) is 1.97. The number of nitrogens with zero attached hydrogens (tertiary/aromatic N) is 1. The first kappa shape index (κ1) is 20.1. The van der Waals surface area contributed by atoms with Crippen LogP contribution in [0.5, 0.6) is 11.5 Å². The van der Waals surface area contributed by atoms with Crippen molar-refractivity contribution in [2.45, 2.75) is 24.3 Å². The van der Waals surface area contributed by atoms with Gasteiger partial charge >= 0.3 is 0 Å². The van der Waals surface area contributed by atoms with Crippen LogP contribution in [0.2, 0.25) is 0 Å². The maximum atomic E-state index is 13.4. The van der Waals surface area contributed by atoms with E-state index in [9.17, 15) is 9.18 Å². The highest BCUT2D eigenvalue weighted by Gasteiger charge is 2.12. The molecule has 0 saturated heterocycles. The van der Waals surface area contributed by atoms with E-state index in [1.165, 1.54) is 19.2 Å². The molecule has 0 fully saturated rings. The molecule has 0 atom stereocenters. The second-order valence-corrected chi connectivity index (χ2v) is 7.00. The molecule has 0 unspecified atom stereocenters. The highest BCUT2D eigenvalue weighted by molar-refractivity contribution is 7.99.